The molecular weight excluding hydrogens is 544 g/mol. The van der Waals surface area contributed by atoms with E-state index in [-0.39, 0.29) is 0 Å². The lowest BCUT2D eigenvalue weighted by atomic mass is 9.89. The Balaban J connectivity index is 1.30. The quantitative estimate of drug-likeness (QED) is 0.180. The van der Waals surface area contributed by atoms with Crippen LogP contribution < -0.4 is 0 Å². The van der Waals surface area contributed by atoms with Gasteiger partial charge in [-0.1, -0.05) is 133 Å². The van der Waals surface area contributed by atoms with Gasteiger partial charge < -0.3 is 0 Å². The van der Waals surface area contributed by atoms with Crippen LogP contribution in [-0.4, -0.2) is 9.38 Å². The molecule has 0 fully saturated rings. The Hall–Kier alpha value is -5.99. The van der Waals surface area contributed by atoms with E-state index in [0.717, 1.165) is 11.2 Å². The number of aromatic nitrogens is 2. The van der Waals surface area contributed by atoms with E-state index in [1.54, 1.807) is 0 Å². The predicted molar refractivity (Wildman–Crippen MR) is 192 cm³/mol. The molecule has 0 radical (unpaired) electrons. The van der Waals surface area contributed by atoms with E-state index >= 15 is 0 Å². The number of nitrogens with zero attached hydrogens (tertiary/aromatic N) is 2. The van der Waals surface area contributed by atoms with Gasteiger partial charge in [0, 0.05) is 21.5 Å². The van der Waals surface area contributed by atoms with Gasteiger partial charge in [-0.25, -0.2) is 4.98 Å². The monoisotopic (exact) mass is 568 g/mol. The molecule has 0 aliphatic rings. The molecule has 0 N–H and O–H groups in total. The third-order valence-corrected chi connectivity index (χ3v) is 10.1. The standard InChI is InChI=1S/C43H24N2/c1-4-13-34-30(10-1)31-11-2-5-14-35(31)42-41(34)44-43-36-15-6-3-12-32(36)37-24-28(20-23-38(37)45(42)43)29-21-18-27-17-16-25-8-7-9-26-19-22-33(29)40(27)39(25)26/h1-24H. The maximum Gasteiger partial charge on any atom is 0.146 e. The minimum Gasteiger partial charge on any atom is -0.291 e. The molecule has 9 aromatic carbocycles. The molecule has 206 valence electrons. The summed E-state index contributed by atoms with van der Waals surface area (Å²) >= 11 is 0. The van der Waals surface area contributed by atoms with Gasteiger partial charge in [0.2, 0.25) is 0 Å². The average molecular weight is 569 g/mol. The first-order valence-electron chi connectivity index (χ1n) is 15.6. The van der Waals surface area contributed by atoms with Crippen LogP contribution in [0.4, 0.5) is 0 Å². The van der Waals surface area contributed by atoms with Crippen molar-refractivity contribution in [3.63, 3.8) is 0 Å². The van der Waals surface area contributed by atoms with Crippen molar-refractivity contribution in [1.82, 2.24) is 9.38 Å². The second kappa shape index (κ2) is 8.34. The first-order chi connectivity index (χ1) is 22.3. The van der Waals surface area contributed by atoms with Crippen molar-refractivity contribution in [2.24, 2.45) is 0 Å². The highest BCUT2D eigenvalue weighted by atomic mass is 15.0. The summed E-state index contributed by atoms with van der Waals surface area (Å²) in [6.07, 6.45) is 0. The molecule has 2 nitrogen and oxygen atoms in total. The smallest absolute Gasteiger partial charge is 0.146 e. The third-order valence-electron chi connectivity index (χ3n) is 10.1. The zero-order valence-corrected chi connectivity index (χ0v) is 24.3. The summed E-state index contributed by atoms with van der Waals surface area (Å²) in [4.78, 5) is 5.40. The van der Waals surface area contributed by atoms with E-state index in [1.165, 1.54) is 92.2 Å². The highest BCUT2D eigenvalue weighted by Crippen LogP contribution is 2.42. The van der Waals surface area contributed by atoms with Crippen LogP contribution in [0.5, 0.6) is 0 Å². The second-order valence-electron chi connectivity index (χ2n) is 12.3. The molecule has 0 aliphatic carbocycles. The van der Waals surface area contributed by atoms with Crippen LogP contribution in [0.25, 0.3) is 103 Å². The number of hydrogen-bond donors (Lipinski definition) is 0. The van der Waals surface area contributed by atoms with E-state index in [4.69, 9.17) is 4.98 Å². The van der Waals surface area contributed by atoms with Crippen LogP contribution in [0.2, 0.25) is 0 Å². The van der Waals surface area contributed by atoms with Crippen LogP contribution >= 0.6 is 0 Å². The van der Waals surface area contributed by atoms with Crippen LogP contribution in [-0.2, 0) is 0 Å². The molecule has 11 rings (SSSR count). The zero-order valence-electron chi connectivity index (χ0n) is 24.3. The summed E-state index contributed by atoms with van der Waals surface area (Å²) in [5.74, 6) is 0. The fourth-order valence-corrected chi connectivity index (χ4v) is 8.13. The van der Waals surface area contributed by atoms with Crippen molar-refractivity contribution in [2.75, 3.05) is 0 Å². The predicted octanol–water partition coefficient (Wildman–Crippen LogP) is 11.7. The van der Waals surface area contributed by atoms with Gasteiger partial charge in [-0.3, -0.25) is 4.40 Å². The van der Waals surface area contributed by atoms with E-state index in [9.17, 15) is 0 Å². The summed E-state index contributed by atoms with van der Waals surface area (Å²) < 4.78 is 2.41. The van der Waals surface area contributed by atoms with Crippen LogP contribution in [0, 0.1) is 0 Å². The van der Waals surface area contributed by atoms with Crippen LogP contribution in [0.15, 0.2) is 146 Å². The molecule has 0 amide bonds. The van der Waals surface area contributed by atoms with Gasteiger partial charge >= 0.3 is 0 Å². The summed E-state index contributed by atoms with van der Waals surface area (Å²) in [6.45, 7) is 0. The van der Waals surface area contributed by atoms with Crippen molar-refractivity contribution < 1.29 is 0 Å². The number of fused-ring (bicyclic) bond motifs is 13. The Kier molecular flexibility index (Phi) is 4.35. The summed E-state index contributed by atoms with van der Waals surface area (Å²) in [7, 11) is 0. The van der Waals surface area contributed by atoms with Gasteiger partial charge in [0.05, 0.1) is 16.6 Å². The Morgan fingerprint density at radius 1 is 0.400 bits per heavy atom. The van der Waals surface area contributed by atoms with Gasteiger partial charge in [0.1, 0.15) is 5.65 Å². The Bertz CT molecular complexity index is 3020. The topological polar surface area (TPSA) is 17.3 Å². The molecule has 2 heteroatoms. The Labute approximate surface area is 257 Å². The molecule has 11 aromatic rings. The molecule has 2 heterocycles. The van der Waals surface area contributed by atoms with Gasteiger partial charge in [0.15, 0.2) is 0 Å². The third kappa shape index (κ3) is 2.96. The normalized spacial score (nSPS) is 12.4. The first-order valence-corrected chi connectivity index (χ1v) is 15.6. The Morgan fingerprint density at radius 2 is 1.00 bits per heavy atom. The van der Waals surface area contributed by atoms with Gasteiger partial charge in [-0.05, 0) is 71.7 Å². The Morgan fingerprint density at radius 3 is 1.78 bits per heavy atom. The van der Waals surface area contributed by atoms with Crippen LogP contribution in [0.3, 0.4) is 0 Å². The average Bonchev–Trinajstić information content (AvgIpc) is 3.52. The largest absolute Gasteiger partial charge is 0.291 e. The molecule has 0 spiro atoms. The fraction of sp³-hybridized carbons (Fsp3) is 0. The van der Waals surface area contributed by atoms with E-state index in [1.807, 2.05) is 0 Å². The summed E-state index contributed by atoms with van der Waals surface area (Å²) in [5.41, 5.74) is 6.89. The molecule has 0 unspecified atom stereocenters. The number of rotatable bonds is 1. The van der Waals surface area contributed by atoms with Crippen molar-refractivity contribution in [2.45, 2.75) is 0 Å². The number of benzene rings is 9. The van der Waals surface area contributed by atoms with Crippen molar-refractivity contribution in [1.29, 1.82) is 0 Å². The number of hydrogen-bond acceptors (Lipinski definition) is 1. The van der Waals surface area contributed by atoms with Gasteiger partial charge in [-0.15, -0.1) is 0 Å². The lowest BCUT2D eigenvalue weighted by molar-refractivity contribution is 1.32. The van der Waals surface area contributed by atoms with Gasteiger partial charge in [-0.2, -0.15) is 0 Å². The lowest BCUT2D eigenvalue weighted by Gasteiger charge is -2.15. The summed E-state index contributed by atoms with van der Waals surface area (Å²) in [5, 5.41) is 16.4. The van der Waals surface area contributed by atoms with Gasteiger partial charge in [0.25, 0.3) is 0 Å². The maximum absolute atomic E-state index is 5.40. The molecule has 0 bridgehead atoms. The number of pyridine rings is 1. The molecule has 0 saturated carbocycles. The minimum atomic E-state index is 1.00. The number of imidazole rings is 1. The van der Waals surface area contributed by atoms with Crippen molar-refractivity contribution in [3.8, 4) is 11.1 Å². The SMILES string of the molecule is c1cc2ccc3ccc(-c4ccc5c(c4)c4ccccc4c4nc6c7ccccc7c7ccccc7c6n54)c4ccc(c1)c2c34. The fourth-order valence-electron chi connectivity index (χ4n) is 8.13. The highest BCUT2D eigenvalue weighted by Gasteiger charge is 2.19. The summed E-state index contributed by atoms with van der Waals surface area (Å²) in [6, 6.07) is 53.5. The molecule has 0 atom stereocenters. The first kappa shape index (κ1) is 23.5. The zero-order chi connectivity index (χ0) is 29.2. The maximum atomic E-state index is 5.40. The molecule has 45 heavy (non-hydrogen) atoms. The van der Waals surface area contributed by atoms with Crippen LogP contribution in [0.1, 0.15) is 0 Å². The van der Waals surface area contributed by atoms with E-state index < -0.39 is 0 Å². The molecular formula is C43H24N2. The molecule has 0 saturated heterocycles. The van der Waals surface area contributed by atoms with Crippen molar-refractivity contribution >= 4 is 92.2 Å². The molecule has 0 aliphatic heterocycles. The van der Waals surface area contributed by atoms with E-state index in [2.05, 4.69) is 150 Å². The van der Waals surface area contributed by atoms with E-state index in [0.29, 0.717) is 0 Å². The minimum absolute atomic E-state index is 1.00. The second-order valence-corrected chi connectivity index (χ2v) is 12.3. The van der Waals surface area contributed by atoms with Crippen molar-refractivity contribution in [3.05, 3.63) is 146 Å². The highest BCUT2D eigenvalue weighted by molar-refractivity contribution is 6.28. The molecule has 2 aromatic heterocycles. The lowest BCUT2D eigenvalue weighted by Crippen LogP contribution is -1.93.